The maximum Gasteiger partial charge on any atom is 0.469 e. The molecule has 0 radical (unpaired) electrons. The molecule has 1 atom stereocenters. The van der Waals surface area contributed by atoms with Gasteiger partial charge in [0.1, 0.15) is 6.61 Å². The lowest BCUT2D eigenvalue weighted by atomic mass is 10.0. The number of carbonyl (C=O) groups excluding carboxylic acids is 3. The summed E-state index contributed by atoms with van der Waals surface area (Å²) < 4.78 is 26.1. The first kappa shape index (κ1) is 43.2. The molecule has 45 heavy (non-hydrogen) atoms. The van der Waals surface area contributed by atoms with Gasteiger partial charge in [-0.15, -0.1) is 0 Å². The van der Waals surface area contributed by atoms with Crippen LogP contribution in [0.2, 0.25) is 0 Å². The number of rotatable bonds is 31. The van der Waals surface area contributed by atoms with E-state index in [-0.39, 0.29) is 25.2 Å². The molecule has 2 N–H and O–H groups in total. The maximum atomic E-state index is 12.3. The molecule has 9 nitrogen and oxygen atoms in total. The molecule has 0 aromatic carbocycles. The van der Waals surface area contributed by atoms with Crippen LogP contribution in [-0.2, 0) is 32.9 Å². The van der Waals surface area contributed by atoms with Crippen LogP contribution in [0, 0.1) is 5.92 Å². The van der Waals surface area contributed by atoms with E-state index in [1.165, 1.54) is 51.4 Å². The average Bonchev–Trinajstić information content (AvgIpc) is 2.97. The molecule has 0 aromatic heterocycles. The minimum atomic E-state index is -4.77. The summed E-state index contributed by atoms with van der Waals surface area (Å²) in [5, 5.41) is 0. The monoisotopic (exact) mass is 658 g/mol. The van der Waals surface area contributed by atoms with Gasteiger partial charge in [-0.2, -0.15) is 0 Å². The van der Waals surface area contributed by atoms with Gasteiger partial charge >= 0.3 is 19.8 Å². The highest BCUT2D eigenvalue weighted by molar-refractivity contribution is 7.46. The lowest BCUT2D eigenvalue weighted by molar-refractivity contribution is -0.161. The number of phosphoric acid groups is 1. The molecule has 0 saturated heterocycles. The van der Waals surface area contributed by atoms with Gasteiger partial charge in [-0.1, -0.05) is 122 Å². The molecular formula is C35H63O9P. The van der Waals surface area contributed by atoms with Crippen LogP contribution < -0.4 is 0 Å². The van der Waals surface area contributed by atoms with Crippen molar-refractivity contribution in [2.45, 2.75) is 162 Å². The largest absolute Gasteiger partial charge is 0.469 e. The van der Waals surface area contributed by atoms with Crippen LogP contribution >= 0.6 is 7.82 Å². The van der Waals surface area contributed by atoms with E-state index in [1.54, 1.807) is 12.2 Å². The molecule has 10 heteroatoms. The van der Waals surface area contributed by atoms with Crippen LogP contribution in [0.15, 0.2) is 24.3 Å². The van der Waals surface area contributed by atoms with Gasteiger partial charge in [-0.3, -0.25) is 18.9 Å². The van der Waals surface area contributed by atoms with Gasteiger partial charge in [-0.05, 0) is 44.1 Å². The average molecular weight is 659 g/mol. The van der Waals surface area contributed by atoms with Gasteiger partial charge in [0.05, 0.1) is 6.61 Å². The molecule has 0 aromatic rings. The summed E-state index contributed by atoms with van der Waals surface area (Å²) in [6.07, 6.45) is 26.0. The number of ketones is 1. The van der Waals surface area contributed by atoms with E-state index in [9.17, 15) is 18.9 Å². The van der Waals surface area contributed by atoms with Crippen LogP contribution in [-0.4, -0.2) is 46.8 Å². The highest BCUT2D eigenvalue weighted by Crippen LogP contribution is 2.36. The van der Waals surface area contributed by atoms with Crippen molar-refractivity contribution >= 4 is 25.5 Å². The number of hydrogen-bond acceptors (Lipinski definition) is 7. The Hall–Kier alpha value is -1.80. The second-order valence-corrected chi connectivity index (χ2v) is 13.6. The molecule has 0 aliphatic carbocycles. The van der Waals surface area contributed by atoms with Gasteiger partial charge in [0.25, 0.3) is 0 Å². The van der Waals surface area contributed by atoms with Crippen molar-refractivity contribution in [1.29, 1.82) is 0 Å². The lowest BCUT2D eigenvalue weighted by Crippen LogP contribution is -2.29. The fourth-order valence-corrected chi connectivity index (χ4v) is 5.07. The molecule has 0 aliphatic heterocycles. The molecule has 0 amide bonds. The molecule has 0 spiro atoms. The Morgan fingerprint density at radius 3 is 1.82 bits per heavy atom. The van der Waals surface area contributed by atoms with Crippen LogP contribution in [0.3, 0.4) is 0 Å². The summed E-state index contributed by atoms with van der Waals surface area (Å²) in [5.74, 6) is -0.104. The molecule has 0 aliphatic rings. The van der Waals surface area contributed by atoms with Crippen molar-refractivity contribution in [2.75, 3.05) is 13.2 Å². The predicted molar refractivity (Wildman–Crippen MR) is 180 cm³/mol. The van der Waals surface area contributed by atoms with Crippen molar-refractivity contribution < 1.29 is 42.7 Å². The minimum Gasteiger partial charge on any atom is -0.462 e. The third kappa shape index (κ3) is 33.4. The summed E-state index contributed by atoms with van der Waals surface area (Å²) in [6.45, 7) is 5.78. The smallest absolute Gasteiger partial charge is 0.462 e. The Kier molecular flexibility index (Phi) is 28.4. The Bertz CT molecular complexity index is 863. The molecule has 0 fully saturated rings. The van der Waals surface area contributed by atoms with Crippen molar-refractivity contribution in [2.24, 2.45) is 5.92 Å². The summed E-state index contributed by atoms with van der Waals surface area (Å²) >= 11 is 0. The van der Waals surface area contributed by atoms with E-state index in [4.69, 9.17) is 19.3 Å². The third-order valence-electron chi connectivity index (χ3n) is 7.38. The second-order valence-electron chi connectivity index (χ2n) is 12.4. The summed E-state index contributed by atoms with van der Waals surface area (Å²) in [7, 11) is -4.77. The fraction of sp³-hybridized carbons (Fsp3) is 0.800. The first-order valence-electron chi connectivity index (χ1n) is 17.4. The van der Waals surface area contributed by atoms with Crippen LogP contribution in [0.1, 0.15) is 156 Å². The first-order valence-corrected chi connectivity index (χ1v) is 19.0. The predicted octanol–water partition coefficient (Wildman–Crippen LogP) is 9.10. The van der Waals surface area contributed by atoms with Crippen LogP contribution in [0.4, 0.5) is 0 Å². The highest BCUT2D eigenvalue weighted by Gasteiger charge is 2.22. The molecule has 0 heterocycles. The van der Waals surface area contributed by atoms with Crippen molar-refractivity contribution in [1.82, 2.24) is 0 Å². The van der Waals surface area contributed by atoms with Gasteiger partial charge < -0.3 is 19.3 Å². The normalized spacial score (nSPS) is 12.8. The summed E-state index contributed by atoms with van der Waals surface area (Å²) in [4.78, 5) is 54.5. The zero-order chi connectivity index (χ0) is 33.6. The SMILES string of the molecule is CCCCC/C=C\C=C\C(=O)CCCCCCCC(=O)O[C@H](COC(=O)CCCCCCCCCCC(C)C)COP(=O)(O)O. The molecular weight excluding hydrogens is 595 g/mol. The number of hydrogen-bond donors (Lipinski definition) is 2. The van der Waals surface area contributed by atoms with Crippen LogP contribution in [0.25, 0.3) is 0 Å². The number of esters is 2. The van der Waals surface area contributed by atoms with Gasteiger partial charge in [0.2, 0.25) is 0 Å². The van der Waals surface area contributed by atoms with Gasteiger partial charge in [-0.25, -0.2) is 4.57 Å². The van der Waals surface area contributed by atoms with Gasteiger partial charge in [0.15, 0.2) is 11.9 Å². The quantitative estimate of drug-likeness (QED) is 0.0246. The Morgan fingerprint density at radius 2 is 1.24 bits per heavy atom. The zero-order valence-corrected chi connectivity index (χ0v) is 29.3. The molecule has 0 rings (SSSR count). The van der Waals surface area contributed by atoms with Crippen molar-refractivity contribution in [3.63, 3.8) is 0 Å². The van der Waals surface area contributed by atoms with Gasteiger partial charge in [0, 0.05) is 19.3 Å². The van der Waals surface area contributed by atoms with E-state index < -0.39 is 32.5 Å². The number of unbranched alkanes of at least 4 members (excludes halogenated alkanes) is 14. The number of phosphoric ester groups is 1. The van der Waals surface area contributed by atoms with E-state index >= 15 is 0 Å². The van der Waals surface area contributed by atoms with Crippen molar-refractivity contribution in [3.8, 4) is 0 Å². The van der Waals surface area contributed by atoms with E-state index in [0.29, 0.717) is 19.3 Å². The Labute approximate surface area is 273 Å². The zero-order valence-electron chi connectivity index (χ0n) is 28.4. The molecule has 0 saturated carbocycles. The molecule has 0 bridgehead atoms. The number of allylic oxidation sites excluding steroid dienone is 4. The maximum absolute atomic E-state index is 12.3. The number of ether oxygens (including phenoxy) is 2. The summed E-state index contributed by atoms with van der Waals surface area (Å²) in [6, 6.07) is 0. The topological polar surface area (TPSA) is 136 Å². The van der Waals surface area contributed by atoms with E-state index in [0.717, 1.165) is 57.3 Å². The summed E-state index contributed by atoms with van der Waals surface area (Å²) in [5.41, 5.74) is 0. The van der Waals surface area contributed by atoms with E-state index in [2.05, 4.69) is 31.4 Å². The first-order chi connectivity index (χ1) is 21.5. The lowest BCUT2D eigenvalue weighted by Gasteiger charge is -2.18. The number of carbonyl (C=O) groups is 3. The Balaban J connectivity index is 4.11. The second kappa shape index (κ2) is 29.6. The van der Waals surface area contributed by atoms with Crippen molar-refractivity contribution in [3.05, 3.63) is 24.3 Å². The third-order valence-corrected chi connectivity index (χ3v) is 7.86. The fourth-order valence-electron chi connectivity index (χ4n) is 4.71. The highest BCUT2D eigenvalue weighted by atomic mass is 31.2. The van der Waals surface area contributed by atoms with E-state index in [1.807, 2.05) is 6.08 Å². The minimum absolute atomic E-state index is 0.110. The standard InChI is InChI=1S/C35H63O9P/c1-4-5-6-7-10-15-20-25-32(36)26-21-16-13-18-23-28-35(38)44-33(30-43-45(39,40)41)29-42-34(37)27-22-17-12-9-8-11-14-19-24-31(2)3/h10,15,20,25,31,33H,4-9,11-14,16-19,21-24,26-30H2,1-3H3,(H2,39,40,41)/b15-10-,25-20+/t33-/m1/s1. The van der Waals surface area contributed by atoms with Crippen LogP contribution in [0.5, 0.6) is 0 Å². The Morgan fingerprint density at radius 1 is 0.689 bits per heavy atom. The molecule has 262 valence electrons. The molecule has 0 unspecified atom stereocenters.